The highest BCUT2D eigenvalue weighted by Crippen LogP contribution is 2.36. The highest BCUT2D eigenvalue weighted by Gasteiger charge is 2.37. The number of alkyl halides is 6. The molecule has 0 unspecified atom stereocenters. The maximum absolute atomic E-state index is 12.8. The van der Waals surface area contributed by atoms with Gasteiger partial charge < -0.3 is 5.73 Å². The quantitative estimate of drug-likeness (QED) is 0.121. The third kappa shape index (κ3) is 12.2. The third-order valence-corrected chi connectivity index (χ3v) is 4.75. The molecule has 0 heterocycles. The van der Waals surface area contributed by atoms with Crippen molar-refractivity contribution in [3.05, 3.63) is 81.7 Å². The van der Waals surface area contributed by atoms with Crippen molar-refractivity contribution in [1.29, 1.82) is 0 Å². The molecule has 1 rings (SSSR count). The Morgan fingerprint density at radius 1 is 0.974 bits per heavy atom. The normalized spacial score (nSPS) is 14.5. The summed E-state index contributed by atoms with van der Waals surface area (Å²) in [5.41, 5.74) is 4.42. The summed E-state index contributed by atoms with van der Waals surface area (Å²) in [7, 11) is 1.23. The van der Waals surface area contributed by atoms with Gasteiger partial charge in [-0.1, -0.05) is 37.6 Å². The lowest BCUT2D eigenvalue weighted by molar-refractivity contribution is -0.143. The first kappa shape index (κ1) is 34.5. The number of allylic oxidation sites excluding steroid dienone is 6. The first-order chi connectivity index (χ1) is 17.5. The molecule has 2 N–H and O–H groups in total. The molecule has 0 aliphatic heterocycles. The number of carbonyl (C=O) groups is 1. The largest absolute Gasteiger partial charge is 0.416 e. The Balaban J connectivity index is 0.000000726. The van der Waals surface area contributed by atoms with E-state index in [2.05, 4.69) is 9.98 Å². The second-order valence-electron chi connectivity index (χ2n) is 7.84. The summed E-state index contributed by atoms with van der Waals surface area (Å²) in [6.45, 7) is 8.74. The van der Waals surface area contributed by atoms with Crippen LogP contribution in [-0.2, 0) is 17.1 Å². The number of benzene rings is 1. The van der Waals surface area contributed by atoms with Crippen molar-refractivity contribution in [2.45, 2.75) is 59.8 Å². The van der Waals surface area contributed by atoms with E-state index >= 15 is 0 Å². The van der Waals surface area contributed by atoms with Crippen LogP contribution in [0.25, 0.3) is 0 Å². The number of hydrogen-bond acceptors (Lipinski definition) is 2. The maximum Gasteiger partial charge on any atom is 0.416 e. The van der Waals surface area contributed by atoms with Crippen molar-refractivity contribution < 1.29 is 35.5 Å². The summed E-state index contributed by atoms with van der Waals surface area (Å²) >= 11 is 0. The molecule has 0 atom stereocenters. The molecule has 0 bridgehead atoms. The number of hydrogen-bond donors (Lipinski definition) is 1. The second-order valence-corrected chi connectivity index (χ2v) is 7.84. The predicted octanol–water partition coefficient (Wildman–Crippen LogP) is 8.16. The smallest absolute Gasteiger partial charge is 0.366 e. The van der Waals surface area contributed by atoms with Crippen LogP contribution in [-0.4, -0.2) is 25.0 Å². The van der Waals surface area contributed by atoms with E-state index in [9.17, 15) is 35.5 Å². The van der Waals surface area contributed by atoms with Gasteiger partial charge in [0.2, 0.25) is 5.91 Å². The summed E-state index contributed by atoms with van der Waals surface area (Å²) in [5, 5.41) is 0. The van der Waals surface area contributed by atoms with Crippen LogP contribution >= 0.6 is 0 Å². The van der Waals surface area contributed by atoms with Gasteiger partial charge in [-0.25, -0.2) is 9.38 Å². The summed E-state index contributed by atoms with van der Waals surface area (Å²) in [4.78, 5) is 18.6. The number of nitrogens with two attached hydrogens (primary N) is 1. The molecule has 0 aliphatic rings. The zero-order valence-corrected chi connectivity index (χ0v) is 22.1. The van der Waals surface area contributed by atoms with Crippen LogP contribution in [0.5, 0.6) is 0 Å². The van der Waals surface area contributed by atoms with E-state index in [0.29, 0.717) is 29.7 Å². The standard InChI is InChI=1S/C15H22FNO.C12H10F6N2/c1-5-7-14(15(17)18)13(9-8-12(4)16)10-11(3)6-2;1-3-20-10(19-2)7-4-8(11(13,14)15)6-9(5-7)12(16,17)18/h7-10H,5-6H2,1-4H3,(H2,17,18);3-6H,1-2H3/b11-10+,12-8+,13-9+,14-7+;. The maximum atomic E-state index is 12.8. The lowest BCUT2D eigenvalue weighted by Crippen LogP contribution is -2.15. The number of amidine groups is 1. The van der Waals surface area contributed by atoms with E-state index in [-0.39, 0.29) is 23.3 Å². The van der Waals surface area contributed by atoms with Crippen LogP contribution in [0.1, 0.15) is 64.2 Å². The minimum atomic E-state index is -4.88. The monoisotopic (exact) mass is 547 g/mol. The van der Waals surface area contributed by atoms with Crippen molar-refractivity contribution in [1.82, 2.24) is 0 Å². The van der Waals surface area contributed by atoms with E-state index < -0.39 is 29.4 Å². The minimum absolute atomic E-state index is 0.0619. The van der Waals surface area contributed by atoms with Gasteiger partial charge in [-0.15, -0.1) is 0 Å². The number of amides is 1. The molecule has 1 amide bonds. The van der Waals surface area contributed by atoms with Crippen molar-refractivity contribution in [3.63, 3.8) is 0 Å². The predicted molar refractivity (Wildman–Crippen MR) is 138 cm³/mol. The molecule has 4 nitrogen and oxygen atoms in total. The number of primary amides is 1. The number of nitrogens with zero attached hydrogens (tertiary/aromatic N) is 2. The van der Waals surface area contributed by atoms with Crippen LogP contribution in [0.15, 0.2) is 75.0 Å². The van der Waals surface area contributed by atoms with E-state index in [4.69, 9.17) is 5.73 Å². The van der Waals surface area contributed by atoms with Gasteiger partial charge in [-0.05, 0) is 63.5 Å². The number of aliphatic imine (C=N–C) groups is 2. The summed E-state index contributed by atoms with van der Waals surface area (Å²) in [5.74, 6) is -1.01. The molecule has 0 saturated heterocycles. The first-order valence-corrected chi connectivity index (χ1v) is 11.5. The minimum Gasteiger partial charge on any atom is -0.366 e. The molecule has 0 saturated carbocycles. The van der Waals surface area contributed by atoms with Crippen molar-refractivity contribution in [2.75, 3.05) is 7.05 Å². The van der Waals surface area contributed by atoms with Gasteiger partial charge in [0, 0.05) is 24.4 Å². The molecule has 210 valence electrons. The van der Waals surface area contributed by atoms with Gasteiger partial charge >= 0.3 is 12.4 Å². The Bertz CT molecular complexity index is 1100. The number of halogens is 7. The van der Waals surface area contributed by atoms with Crippen LogP contribution in [0, 0.1) is 0 Å². The van der Waals surface area contributed by atoms with Gasteiger partial charge in [0.15, 0.2) is 5.84 Å². The van der Waals surface area contributed by atoms with Crippen LogP contribution in [0.4, 0.5) is 30.7 Å². The Kier molecular flexibility index (Phi) is 14.2. The van der Waals surface area contributed by atoms with Crippen LogP contribution in [0.3, 0.4) is 0 Å². The van der Waals surface area contributed by atoms with E-state index in [1.807, 2.05) is 26.8 Å². The molecule has 1 aromatic rings. The summed E-state index contributed by atoms with van der Waals surface area (Å²) in [6, 6.07) is 1.24. The van der Waals surface area contributed by atoms with Crippen molar-refractivity contribution in [3.8, 4) is 0 Å². The molecule has 0 radical (unpaired) electrons. The molecule has 38 heavy (non-hydrogen) atoms. The highest BCUT2D eigenvalue weighted by atomic mass is 19.4. The van der Waals surface area contributed by atoms with Gasteiger partial charge in [0.05, 0.1) is 17.0 Å². The van der Waals surface area contributed by atoms with E-state index in [1.54, 1.807) is 12.2 Å². The van der Waals surface area contributed by atoms with E-state index in [0.717, 1.165) is 12.0 Å². The first-order valence-electron chi connectivity index (χ1n) is 11.5. The topological polar surface area (TPSA) is 67.8 Å². The lowest BCUT2D eigenvalue weighted by Gasteiger charge is -2.13. The highest BCUT2D eigenvalue weighted by molar-refractivity contribution is 6.03. The van der Waals surface area contributed by atoms with E-state index in [1.165, 1.54) is 33.2 Å². The fraction of sp³-hybridized carbons (Fsp3) is 0.370. The Morgan fingerprint density at radius 3 is 1.84 bits per heavy atom. The zero-order valence-electron chi connectivity index (χ0n) is 22.1. The van der Waals surface area contributed by atoms with Crippen molar-refractivity contribution >= 4 is 18.0 Å². The summed E-state index contributed by atoms with van der Waals surface area (Å²) < 4.78 is 88.7. The van der Waals surface area contributed by atoms with Crippen LogP contribution < -0.4 is 5.73 Å². The molecule has 0 fully saturated rings. The molecule has 0 aromatic heterocycles. The van der Waals surface area contributed by atoms with Gasteiger partial charge in [-0.2, -0.15) is 26.3 Å². The molecule has 11 heteroatoms. The molecule has 0 spiro atoms. The Labute approximate surface area is 218 Å². The zero-order chi connectivity index (χ0) is 29.7. The fourth-order valence-corrected chi connectivity index (χ4v) is 2.82. The van der Waals surface area contributed by atoms with Gasteiger partial charge in [0.25, 0.3) is 0 Å². The van der Waals surface area contributed by atoms with Crippen molar-refractivity contribution in [2.24, 2.45) is 15.7 Å². The van der Waals surface area contributed by atoms with Gasteiger partial charge in [0.1, 0.15) is 0 Å². The number of carbonyl (C=O) groups excluding carboxylic acids is 1. The Hall–Kier alpha value is -3.50. The summed E-state index contributed by atoms with van der Waals surface area (Å²) in [6.07, 6.45) is -0.422. The lowest BCUT2D eigenvalue weighted by atomic mass is 10.0. The Morgan fingerprint density at radius 2 is 1.50 bits per heavy atom. The molecule has 0 aliphatic carbocycles. The van der Waals surface area contributed by atoms with Gasteiger partial charge in [-0.3, -0.25) is 9.79 Å². The molecular formula is C27H32F7N3O. The SMILES string of the molecule is CC=NC(=NC)c1cc(C(F)(F)F)cc(C(F)(F)F)c1.CC\C=C(C(N)=O)/C(/C=C(\C)CC)=C/C=C(\C)F. The molecule has 1 aromatic carbocycles. The fourth-order valence-electron chi connectivity index (χ4n) is 2.82. The average Bonchev–Trinajstić information content (AvgIpc) is 2.82. The average molecular weight is 548 g/mol. The third-order valence-electron chi connectivity index (χ3n) is 4.75. The second kappa shape index (κ2) is 15.7. The number of rotatable bonds is 7. The molecular weight excluding hydrogens is 515 g/mol. The van der Waals surface area contributed by atoms with Crippen LogP contribution in [0.2, 0.25) is 0 Å².